The first-order chi connectivity index (χ1) is 10.1. The SMILES string of the molecule is CCCc1ccc(C(Br)c2ccc(OC(F)F)cc2)cc1. The summed E-state index contributed by atoms with van der Waals surface area (Å²) in [6.07, 6.45) is 2.20. The summed E-state index contributed by atoms with van der Waals surface area (Å²) in [6, 6.07) is 15.1. The van der Waals surface area contributed by atoms with E-state index in [2.05, 4.69) is 51.9 Å². The van der Waals surface area contributed by atoms with Gasteiger partial charge in [-0.05, 0) is 35.2 Å². The van der Waals surface area contributed by atoms with Crippen LogP contribution < -0.4 is 4.74 Å². The Morgan fingerprint density at radius 3 is 1.95 bits per heavy atom. The van der Waals surface area contributed by atoms with Gasteiger partial charge in [-0.3, -0.25) is 0 Å². The van der Waals surface area contributed by atoms with Crippen LogP contribution in [0.15, 0.2) is 48.5 Å². The molecule has 0 aliphatic carbocycles. The van der Waals surface area contributed by atoms with Crippen molar-refractivity contribution in [3.8, 4) is 5.75 Å². The third-order valence-corrected chi connectivity index (χ3v) is 4.27. The number of aryl methyl sites for hydroxylation is 1. The molecule has 0 aliphatic rings. The van der Waals surface area contributed by atoms with E-state index in [-0.39, 0.29) is 10.6 Å². The van der Waals surface area contributed by atoms with Gasteiger partial charge in [0.25, 0.3) is 0 Å². The molecule has 1 nitrogen and oxygen atoms in total. The molecule has 0 aliphatic heterocycles. The molecule has 0 fully saturated rings. The lowest BCUT2D eigenvalue weighted by Crippen LogP contribution is -2.02. The molecule has 0 aromatic heterocycles. The third kappa shape index (κ3) is 4.53. The van der Waals surface area contributed by atoms with E-state index in [9.17, 15) is 8.78 Å². The maximum Gasteiger partial charge on any atom is 0.387 e. The van der Waals surface area contributed by atoms with E-state index in [0.29, 0.717) is 0 Å². The lowest BCUT2D eigenvalue weighted by molar-refractivity contribution is -0.0498. The first kappa shape index (κ1) is 16.0. The van der Waals surface area contributed by atoms with Crippen LogP contribution in [0.25, 0.3) is 0 Å². The van der Waals surface area contributed by atoms with Gasteiger partial charge in [-0.15, -0.1) is 0 Å². The molecule has 0 radical (unpaired) electrons. The smallest absolute Gasteiger partial charge is 0.387 e. The molecule has 0 N–H and O–H groups in total. The molecule has 0 saturated carbocycles. The quantitative estimate of drug-likeness (QED) is 0.602. The molecule has 112 valence electrons. The molecule has 0 bridgehead atoms. The minimum absolute atomic E-state index is 0.0359. The number of rotatable bonds is 6. The Morgan fingerprint density at radius 2 is 1.48 bits per heavy atom. The second kappa shape index (κ2) is 7.55. The summed E-state index contributed by atoms with van der Waals surface area (Å²) in [4.78, 5) is 0.0359. The number of benzene rings is 2. The van der Waals surface area contributed by atoms with Gasteiger partial charge in [0.2, 0.25) is 0 Å². The van der Waals surface area contributed by atoms with Crippen molar-refractivity contribution in [1.29, 1.82) is 0 Å². The van der Waals surface area contributed by atoms with Crippen molar-refractivity contribution in [1.82, 2.24) is 0 Å². The van der Waals surface area contributed by atoms with Crippen LogP contribution >= 0.6 is 15.9 Å². The molecule has 1 atom stereocenters. The summed E-state index contributed by atoms with van der Waals surface area (Å²) in [6.45, 7) is -0.633. The highest BCUT2D eigenvalue weighted by Gasteiger charge is 2.11. The average molecular weight is 355 g/mol. The Balaban J connectivity index is 2.09. The maximum atomic E-state index is 12.1. The normalized spacial score (nSPS) is 12.4. The monoisotopic (exact) mass is 354 g/mol. The Morgan fingerprint density at radius 1 is 0.952 bits per heavy atom. The van der Waals surface area contributed by atoms with Crippen LogP contribution in [-0.4, -0.2) is 6.61 Å². The third-order valence-electron chi connectivity index (χ3n) is 3.21. The summed E-state index contributed by atoms with van der Waals surface area (Å²) in [5.74, 6) is 0.173. The summed E-state index contributed by atoms with van der Waals surface area (Å²) in [7, 11) is 0. The van der Waals surface area contributed by atoms with E-state index < -0.39 is 6.61 Å². The van der Waals surface area contributed by atoms with E-state index >= 15 is 0 Å². The van der Waals surface area contributed by atoms with Crippen molar-refractivity contribution >= 4 is 15.9 Å². The zero-order chi connectivity index (χ0) is 15.2. The molecule has 0 saturated heterocycles. The average Bonchev–Trinajstić information content (AvgIpc) is 2.48. The Bertz CT molecular complexity index is 552. The van der Waals surface area contributed by atoms with Crippen molar-refractivity contribution in [3.63, 3.8) is 0 Å². The molecule has 0 amide bonds. The van der Waals surface area contributed by atoms with Crippen LogP contribution in [0.3, 0.4) is 0 Å². The highest BCUT2D eigenvalue weighted by Crippen LogP contribution is 2.32. The Labute approximate surface area is 132 Å². The molecule has 2 aromatic carbocycles. The first-order valence-corrected chi connectivity index (χ1v) is 7.79. The fourth-order valence-corrected chi connectivity index (χ4v) is 2.76. The van der Waals surface area contributed by atoms with E-state index in [1.54, 1.807) is 24.3 Å². The van der Waals surface area contributed by atoms with Gasteiger partial charge in [0.15, 0.2) is 0 Å². The molecule has 2 rings (SSSR count). The number of ether oxygens (including phenoxy) is 1. The molecule has 4 heteroatoms. The second-order valence-electron chi connectivity index (χ2n) is 4.80. The minimum atomic E-state index is -2.79. The lowest BCUT2D eigenvalue weighted by atomic mass is 10.0. The van der Waals surface area contributed by atoms with Crippen molar-refractivity contribution in [2.75, 3.05) is 0 Å². The maximum absolute atomic E-state index is 12.1. The van der Waals surface area contributed by atoms with E-state index in [1.165, 1.54) is 5.56 Å². The van der Waals surface area contributed by atoms with E-state index in [1.807, 2.05) is 0 Å². The summed E-state index contributed by atoms with van der Waals surface area (Å²) in [5.41, 5.74) is 3.46. The van der Waals surface area contributed by atoms with Crippen LogP contribution in [0.2, 0.25) is 0 Å². The molecular weight excluding hydrogens is 338 g/mol. The molecule has 2 aromatic rings. The summed E-state index contributed by atoms with van der Waals surface area (Å²) in [5, 5.41) is 0. The van der Waals surface area contributed by atoms with Crippen molar-refractivity contribution in [2.24, 2.45) is 0 Å². The van der Waals surface area contributed by atoms with Gasteiger partial charge in [-0.1, -0.05) is 65.7 Å². The van der Waals surface area contributed by atoms with Crippen LogP contribution in [-0.2, 0) is 6.42 Å². The van der Waals surface area contributed by atoms with Gasteiger partial charge in [-0.25, -0.2) is 0 Å². The number of alkyl halides is 3. The van der Waals surface area contributed by atoms with Gasteiger partial charge < -0.3 is 4.74 Å². The Kier molecular flexibility index (Phi) is 5.74. The number of halogens is 3. The number of hydrogen-bond donors (Lipinski definition) is 0. The minimum Gasteiger partial charge on any atom is -0.435 e. The predicted octanol–water partition coefficient (Wildman–Crippen LogP) is 5.72. The fraction of sp³-hybridized carbons (Fsp3) is 0.294. The van der Waals surface area contributed by atoms with Gasteiger partial charge >= 0.3 is 6.61 Å². The van der Waals surface area contributed by atoms with Crippen LogP contribution in [0.1, 0.15) is 34.9 Å². The molecule has 0 spiro atoms. The lowest BCUT2D eigenvalue weighted by Gasteiger charge is -2.12. The molecular formula is C17H17BrF2O. The van der Waals surface area contributed by atoms with Gasteiger partial charge in [-0.2, -0.15) is 8.78 Å². The van der Waals surface area contributed by atoms with Crippen LogP contribution in [0, 0.1) is 0 Å². The molecule has 21 heavy (non-hydrogen) atoms. The highest BCUT2D eigenvalue weighted by atomic mass is 79.9. The van der Waals surface area contributed by atoms with Gasteiger partial charge in [0.05, 0.1) is 4.83 Å². The Hall–Kier alpha value is -1.42. The standard InChI is InChI=1S/C17H17BrF2O/c1-2-3-12-4-6-13(7-5-12)16(18)14-8-10-15(11-9-14)21-17(19)20/h4-11,16-17H,2-3H2,1H3. The zero-order valence-electron chi connectivity index (χ0n) is 11.7. The summed E-state index contributed by atoms with van der Waals surface area (Å²) >= 11 is 3.64. The van der Waals surface area contributed by atoms with Crippen molar-refractivity contribution < 1.29 is 13.5 Å². The first-order valence-electron chi connectivity index (χ1n) is 6.88. The largest absolute Gasteiger partial charge is 0.435 e. The van der Waals surface area contributed by atoms with E-state index in [0.717, 1.165) is 24.0 Å². The van der Waals surface area contributed by atoms with Crippen molar-refractivity contribution in [2.45, 2.75) is 31.2 Å². The fourth-order valence-electron chi connectivity index (χ4n) is 2.15. The molecule has 0 heterocycles. The summed E-state index contributed by atoms with van der Waals surface area (Å²) < 4.78 is 28.6. The van der Waals surface area contributed by atoms with Crippen LogP contribution in [0.5, 0.6) is 5.75 Å². The van der Waals surface area contributed by atoms with E-state index in [4.69, 9.17) is 0 Å². The van der Waals surface area contributed by atoms with Gasteiger partial charge in [0, 0.05) is 0 Å². The molecule has 1 unspecified atom stereocenters. The highest BCUT2D eigenvalue weighted by molar-refractivity contribution is 9.09. The van der Waals surface area contributed by atoms with Crippen molar-refractivity contribution in [3.05, 3.63) is 65.2 Å². The predicted molar refractivity (Wildman–Crippen MR) is 84.3 cm³/mol. The van der Waals surface area contributed by atoms with Gasteiger partial charge in [0.1, 0.15) is 5.75 Å². The zero-order valence-corrected chi connectivity index (χ0v) is 13.3. The van der Waals surface area contributed by atoms with Crippen LogP contribution in [0.4, 0.5) is 8.78 Å². The topological polar surface area (TPSA) is 9.23 Å². The second-order valence-corrected chi connectivity index (χ2v) is 5.72. The number of hydrogen-bond acceptors (Lipinski definition) is 1.